The molecule has 0 spiro atoms. The Balaban J connectivity index is 0.00000392. The summed E-state index contributed by atoms with van der Waals surface area (Å²) in [5.41, 5.74) is -0.0546. The molecule has 0 radical (unpaired) electrons. The van der Waals surface area contributed by atoms with Gasteiger partial charge in [0.2, 0.25) is 10.0 Å². The highest BCUT2D eigenvalue weighted by atomic mass is 127. The van der Waals surface area contributed by atoms with Crippen molar-refractivity contribution in [3.8, 4) is 0 Å². The van der Waals surface area contributed by atoms with Crippen LogP contribution in [0.2, 0.25) is 0 Å². The molecule has 1 saturated heterocycles. The van der Waals surface area contributed by atoms with E-state index in [1.807, 2.05) is 17.9 Å². The van der Waals surface area contributed by atoms with E-state index in [9.17, 15) is 12.8 Å². The Morgan fingerprint density at radius 2 is 1.82 bits per heavy atom. The van der Waals surface area contributed by atoms with Crippen molar-refractivity contribution < 1.29 is 12.8 Å². The normalized spacial score (nSPS) is 16.0. The van der Waals surface area contributed by atoms with E-state index in [-0.39, 0.29) is 29.8 Å². The number of piperazine rings is 1. The molecule has 1 aromatic carbocycles. The zero-order chi connectivity index (χ0) is 20.1. The standard InChI is InChI=1S/C18H30FN5O2S.HI/c1-5-20-17(21-14-18(2,3)22-27(4,25)26)24-12-10-23(11-13-24)16-9-7-6-8-15(16)19;/h6-9,22H,5,10-14H2,1-4H3,(H,20,21);1H. The first-order chi connectivity index (χ1) is 12.6. The molecule has 0 atom stereocenters. The second-order valence-corrected chi connectivity index (χ2v) is 9.10. The fourth-order valence-electron chi connectivity index (χ4n) is 3.10. The van der Waals surface area contributed by atoms with Gasteiger partial charge in [-0.1, -0.05) is 12.1 Å². The smallest absolute Gasteiger partial charge is 0.209 e. The van der Waals surface area contributed by atoms with Crippen molar-refractivity contribution in [1.29, 1.82) is 0 Å². The predicted molar refractivity (Wildman–Crippen MR) is 124 cm³/mol. The number of guanidine groups is 1. The summed E-state index contributed by atoms with van der Waals surface area (Å²) in [4.78, 5) is 8.77. The molecule has 2 N–H and O–H groups in total. The summed E-state index contributed by atoms with van der Waals surface area (Å²) in [7, 11) is -3.30. The molecular weight excluding hydrogens is 496 g/mol. The van der Waals surface area contributed by atoms with Gasteiger partial charge < -0.3 is 15.1 Å². The first-order valence-electron chi connectivity index (χ1n) is 9.13. The van der Waals surface area contributed by atoms with Crippen molar-refractivity contribution in [1.82, 2.24) is 14.9 Å². The largest absolute Gasteiger partial charge is 0.366 e. The summed E-state index contributed by atoms with van der Waals surface area (Å²) in [6, 6.07) is 6.80. The van der Waals surface area contributed by atoms with Gasteiger partial charge in [0.25, 0.3) is 0 Å². The first kappa shape index (κ1) is 24.9. The van der Waals surface area contributed by atoms with Crippen LogP contribution in [-0.2, 0) is 10.0 Å². The van der Waals surface area contributed by atoms with Crippen LogP contribution < -0.4 is 14.9 Å². The molecule has 10 heteroatoms. The van der Waals surface area contributed by atoms with Crippen molar-refractivity contribution in [3.05, 3.63) is 30.1 Å². The Labute approximate surface area is 184 Å². The minimum atomic E-state index is -3.30. The van der Waals surface area contributed by atoms with Crippen LogP contribution in [0.3, 0.4) is 0 Å². The lowest BCUT2D eigenvalue weighted by atomic mass is 10.1. The van der Waals surface area contributed by atoms with E-state index >= 15 is 0 Å². The van der Waals surface area contributed by atoms with Gasteiger partial charge in [0.15, 0.2) is 5.96 Å². The first-order valence-corrected chi connectivity index (χ1v) is 11.0. The number of hydrogen-bond donors (Lipinski definition) is 2. The van der Waals surface area contributed by atoms with Crippen LogP contribution in [0.5, 0.6) is 0 Å². The summed E-state index contributed by atoms with van der Waals surface area (Å²) in [6.45, 7) is 9.43. The Kier molecular flexibility index (Phi) is 9.41. The molecule has 2 rings (SSSR count). The van der Waals surface area contributed by atoms with Crippen LogP contribution in [0, 0.1) is 5.82 Å². The minimum Gasteiger partial charge on any atom is -0.366 e. The van der Waals surface area contributed by atoms with Gasteiger partial charge in [-0.2, -0.15) is 0 Å². The molecule has 0 aromatic heterocycles. The van der Waals surface area contributed by atoms with E-state index < -0.39 is 15.6 Å². The molecule has 0 aliphatic carbocycles. The van der Waals surface area contributed by atoms with Gasteiger partial charge in [0.05, 0.1) is 18.5 Å². The number of anilines is 1. The molecule has 0 saturated carbocycles. The number of hydrogen-bond acceptors (Lipinski definition) is 4. The van der Waals surface area contributed by atoms with E-state index in [1.54, 1.807) is 26.0 Å². The van der Waals surface area contributed by atoms with E-state index in [0.29, 0.717) is 45.0 Å². The van der Waals surface area contributed by atoms with Gasteiger partial charge in [-0.3, -0.25) is 4.99 Å². The molecule has 1 aliphatic heterocycles. The number of benzene rings is 1. The van der Waals surface area contributed by atoms with Crippen LogP contribution in [0.4, 0.5) is 10.1 Å². The topological polar surface area (TPSA) is 77.0 Å². The molecule has 1 heterocycles. The average Bonchev–Trinajstić information content (AvgIpc) is 2.57. The number of aliphatic imine (C=N–C) groups is 1. The lowest BCUT2D eigenvalue weighted by molar-refractivity contribution is 0.367. The van der Waals surface area contributed by atoms with Crippen molar-refractivity contribution in [2.75, 3.05) is 50.4 Å². The van der Waals surface area contributed by atoms with E-state index in [1.165, 1.54) is 6.07 Å². The predicted octanol–water partition coefficient (Wildman–Crippen LogP) is 1.86. The Hall–Kier alpha value is -1.14. The van der Waals surface area contributed by atoms with Crippen LogP contribution in [-0.4, -0.2) is 70.3 Å². The summed E-state index contributed by atoms with van der Waals surface area (Å²) in [5, 5.41) is 3.26. The molecule has 160 valence electrons. The zero-order valence-corrected chi connectivity index (χ0v) is 20.1. The summed E-state index contributed by atoms with van der Waals surface area (Å²) < 4.78 is 39.6. The molecule has 1 aromatic rings. The molecule has 0 amide bonds. The molecule has 7 nitrogen and oxygen atoms in total. The highest BCUT2D eigenvalue weighted by molar-refractivity contribution is 14.0. The highest BCUT2D eigenvalue weighted by Crippen LogP contribution is 2.20. The molecule has 0 unspecified atom stereocenters. The molecule has 28 heavy (non-hydrogen) atoms. The fraction of sp³-hybridized carbons (Fsp3) is 0.611. The Morgan fingerprint density at radius 1 is 1.21 bits per heavy atom. The van der Waals surface area contributed by atoms with E-state index in [0.717, 1.165) is 12.2 Å². The van der Waals surface area contributed by atoms with Gasteiger partial charge in [-0.05, 0) is 32.9 Å². The van der Waals surface area contributed by atoms with E-state index in [2.05, 4.69) is 19.9 Å². The van der Waals surface area contributed by atoms with Crippen LogP contribution >= 0.6 is 24.0 Å². The van der Waals surface area contributed by atoms with E-state index in [4.69, 9.17) is 0 Å². The van der Waals surface area contributed by atoms with Gasteiger partial charge >= 0.3 is 0 Å². The third-order valence-electron chi connectivity index (χ3n) is 4.19. The van der Waals surface area contributed by atoms with Crippen LogP contribution in [0.15, 0.2) is 29.3 Å². The van der Waals surface area contributed by atoms with Crippen molar-refractivity contribution in [2.24, 2.45) is 4.99 Å². The van der Waals surface area contributed by atoms with Crippen molar-refractivity contribution in [2.45, 2.75) is 26.3 Å². The minimum absolute atomic E-state index is 0. The molecule has 1 aliphatic rings. The highest BCUT2D eigenvalue weighted by Gasteiger charge is 2.24. The zero-order valence-electron chi connectivity index (χ0n) is 16.9. The molecule has 0 bridgehead atoms. The number of rotatable bonds is 6. The van der Waals surface area contributed by atoms with Gasteiger partial charge in [-0.25, -0.2) is 17.5 Å². The average molecular weight is 527 g/mol. The Morgan fingerprint density at radius 3 is 2.36 bits per heavy atom. The fourth-order valence-corrected chi connectivity index (χ4v) is 4.17. The summed E-state index contributed by atoms with van der Waals surface area (Å²) >= 11 is 0. The van der Waals surface area contributed by atoms with Crippen molar-refractivity contribution in [3.63, 3.8) is 0 Å². The van der Waals surface area contributed by atoms with Gasteiger partial charge in [0, 0.05) is 38.3 Å². The maximum absolute atomic E-state index is 14.0. The quantitative estimate of drug-likeness (QED) is 0.336. The number of nitrogens with one attached hydrogen (secondary N) is 2. The summed E-state index contributed by atoms with van der Waals surface area (Å²) in [5.74, 6) is 0.536. The maximum Gasteiger partial charge on any atom is 0.209 e. The third kappa shape index (κ3) is 7.70. The second kappa shape index (κ2) is 10.6. The second-order valence-electron chi connectivity index (χ2n) is 7.35. The van der Waals surface area contributed by atoms with Gasteiger partial charge in [-0.15, -0.1) is 24.0 Å². The van der Waals surface area contributed by atoms with Crippen LogP contribution in [0.1, 0.15) is 20.8 Å². The SMILES string of the molecule is CCNC(=NCC(C)(C)NS(C)(=O)=O)N1CCN(c2ccccc2F)CC1.I. The third-order valence-corrected chi connectivity index (χ3v) is 5.12. The van der Waals surface area contributed by atoms with Crippen LogP contribution in [0.25, 0.3) is 0 Å². The van der Waals surface area contributed by atoms with Gasteiger partial charge in [0.1, 0.15) is 5.82 Å². The molecular formula is C18H31FIN5O2S. The Bertz CT molecular complexity index is 765. The lowest BCUT2D eigenvalue weighted by Gasteiger charge is -2.38. The maximum atomic E-state index is 14.0. The monoisotopic (exact) mass is 527 g/mol. The van der Waals surface area contributed by atoms with Crippen molar-refractivity contribution >= 4 is 45.6 Å². The number of halogens is 2. The number of sulfonamides is 1. The molecule has 1 fully saturated rings. The number of para-hydroxylation sites is 1. The summed E-state index contributed by atoms with van der Waals surface area (Å²) in [6.07, 6.45) is 1.14. The number of nitrogens with zero attached hydrogens (tertiary/aromatic N) is 3. The lowest BCUT2D eigenvalue weighted by Crippen LogP contribution is -2.53.